The van der Waals surface area contributed by atoms with Gasteiger partial charge in [0, 0.05) is 18.7 Å². The van der Waals surface area contributed by atoms with Gasteiger partial charge in [0.1, 0.15) is 17.8 Å². The molecule has 2 aromatic rings. The number of carbonyl (C=O) groups excluding carboxylic acids is 3. The normalized spacial score (nSPS) is 23.3. The minimum atomic E-state index is -0.653. The molecule has 29 heavy (non-hydrogen) atoms. The second-order valence-electron chi connectivity index (χ2n) is 7.34. The molecule has 0 unspecified atom stereocenters. The first-order chi connectivity index (χ1) is 14.0. The van der Waals surface area contributed by atoms with Gasteiger partial charge in [0.2, 0.25) is 11.8 Å². The molecule has 4 rings (SSSR count). The van der Waals surface area contributed by atoms with Crippen LogP contribution in [0.5, 0.6) is 5.75 Å². The Labute approximate surface area is 167 Å². The molecule has 2 saturated heterocycles. The van der Waals surface area contributed by atoms with Crippen molar-refractivity contribution in [2.75, 3.05) is 11.9 Å². The van der Waals surface area contributed by atoms with E-state index in [4.69, 9.17) is 0 Å². The molecule has 4 N–H and O–H groups in total. The predicted octanol–water partition coefficient (Wildman–Crippen LogP) is 1.22. The van der Waals surface area contributed by atoms with E-state index in [1.54, 1.807) is 41.3 Å². The minimum Gasteiger partial charge on any atom is -0.508 e. The number of hydrogen-bond donors (Lipinski definition) is 4. The van der Waals surface area contributed by atoms with E-state index >= 15 is 0 Å². The van der Waals surface area contributed by atoms with E-state index in [1.807, 2.05) is 18.2 Å². The summed E-state index contributed by atoms with van der Waals surface area (Å²) < 4.78 is 0. The number of hydrogen-bond acceptors (Lipinski definition) is 4. The van der Waals surface area contributed by atoms with Crippen molar-refractivity contribution in [1.29, 1.82) is 0 Å². The van der Waals surface area contributed by atoms with Crippen molar-refractivity contribution in [1.82, 2.24) is 15.5 Å². The highest BCUT2D eigenvalue weighted by molar-refractivity contribution is 5.98. The van der Waals surface area contributed by atoms with Gasteiger partial charge in [-0.15, -0.1) is 0 Å². The summed E-state index contributed by atoms with van der Waals surface area (Å²) in [6.07, 6.45) is 0.729. The largest absolute Gasteiger partial charge is 0.508 e. The number of nitrogens with zero attached hydrogens (tertiary/aromatic N) is 1. The number of phenols is 1. The van der Waals surface area contributed by atoms with Crippen molar-refractivity contribution in [2.24, 2.45) is 0 Å². The number of anilines is 1. The molecule has 2 heterocycles. The molecule has 3 atom stereocenters. The lowest BCUT2D eigenvalue weighted by Gasteiger charge is -2.34. The van der Waals surface area contributed by atoms with Crippen LogP contribution in [-0.4, -0.2) is 52.5 Å². The standard InChI is InChI=1S/C21H22N4O4/c26-16-8-6-13(7-9-16)10-17-20(28)25-12-15(11-18(25)19(27)24-17)23-21(29)22-14-4-2-1-3-5-14/h1-9,15,17-18,26H,10-12H2,(H,24,27)(H2,22,23,29)/t15-,17+,18-/m0/s1. The Balaban J connectivity index is 1.37. The van der Waals surface area contributed by atoms with Gasteiger partial charge in [0.25, 0.3) is 0 Å². The van der Waals surface area contributed by atoms with Gasteiger partial charge in [0.15, 0.2) is 0 Å². The molecule has 0 aromatic heterocycles. The summed E-state index contributed by atoms with van der Waals surface area (Å²) in [4.78, 5) is 39.2. The molecule has 2 fully saturated rings. The van der Waals surface area contributed by atoms with Gasteiger partial charge in [-0.25, -0.2) is 4.79 Å². The quantitative estimate of drug-likeness (QED) is 0.625. The van der Waals surface area contributed by atoms with Gasteiger partial charge in [-0.2, -0.15) is 0 Å². The molecule has 0 spiro atoms. The number of rotatable bonds is 4. The van der Waals surface area contributed by atoms with Crippen LogP contribution in [0.4, 0.5) is 10.5 Å². The average Bonchev–Trinajstić information content (AvgIpc) is 3.13. The second-order valence-corrected chi connectivity index (χ2v) is 7.34. The number of phenolic OH excluding ortho intramolecular Hbond substituents is 1. The molecule has 8 nitrogen and oxygen atoms in total. The summed E-state index contributed by atoms with van der Waals surface area (Å²) >= 11 is 0. The van der Waals surface area contributed by atoms with Crippen molar-refractivity contribution >= 4 is 23.5 Å². The summed E-state index contributed by atoms with van der Waals surface area (Å²) in [5, 5.41) is 17.8. The highest BCUT2D eigenvalue weighted by Gasteiger charge is 2.46. The van der Waals surface area contributed by atoms with E-state index in [0.717, 1.165) is 5.56 Å². The van der Waals surface area contributed by atoms with Crippen molar-refractivity contribution in [3.8, 4) is 5.75 Å². The molecule has 2 aliphatic heterocycles. The fourth-order valence-corrected chi connectivity index (χ4v) is 3.84. The third-order valence-corrected chi connectivity index (χ3v) is 5.24. The Morgan fingerprint density at radius 2 is 1.83 bits per heavy atom. The van der Waals surface area contributed by atoms with Crippen LogP contribution in [0.15, 0.2) is 54.6 Å². The van der Waals surface area contributed by atoms with E-state index in [0.29, 0.717) is 25.1 Å². The topological polar surface area (TPSA) is 111 Å². The monoisotopic (exact) mass is 394 g/mol. The van der Waals surface area contributed by atoms with Crippen LogP contribution in [0.2, 0.25) is 0 Å². The molecule has 0 saturated carbocycles. The van der Waals surface area contributed by atoms with Crippen molar-refractivity contribution < 1.29 is 19.5 Å². The Morgan fingerprint density at radius 1 is 1.10 bits per heavy atom. The Morgan fingerprint density at radius 3 is 2.55 bits per heavy atom. The molecule has 2 aliphatic rings. The SMILES string of the molecule is O=C(Nc1ccccc1)N[C@H]1C[C@H]2C(=O)N[C@H](Cc3ccc(O)cc3)C(=O)N2C1. The Hall–Kier alpha value is -3.55. The molecule has 0 radical (unpaired) electrons. The van der Waals surface area contributed by atoms with E-state index in [9.17, 15) is 19.5 Å². The Kier molecular flexibility index (Phi) is 5.07. The summed E-state index contributed by atoms with van der Waals surface area (Å²) in [5.41, 5.74) is 1.51. The van der Waals surface area contributed by atoms with E-state index in [2.05, 4.69) is 16.0 Å². The lowest BCUT2D eigenvalue weighted by molar-refractivity contribution is -0.147. The van der Waals surface area contributed by atoms with Gasteiger partial charge in [0.05, 0.1) is 6.04 Å². The third-order valence-electron chi connectivity index (χ3n) is 5.24. The first kappa shape index (κ1) is 18.8. The number of amides is 4. The zero-order chi connectivity index (χ0) is 20.4. The van der Waals surface area contributed by atoms with Crippen LogP contribution in [0.1, 0.15) is 12.0 Å². The van der Waals surface area contributed by atoms with Gasteiger partial charge >= 0.3 is 6.03 Å². The Bertz CT molecular complexity index is 916. The van der Waals surface area contributed by atoms with Crippen LogP contribution < -0.4 is 16.0 Å². The highest BCUT2D eigenvalue weighted by Crippen LogP contribution is 2.24. The third kappa shape index (κ3) is 4.16. The van der Waals surface area contributed by atoms with Crippen molar-refractivity contribution in [3.05, 3.63) is 60.2 Å². The number of aromatic hydroxyl groups is 1. The summed E-state index contributed by atoms with van der Waals surface area (Å²) in [6, 6.07) is 13.7. The number of nitrogens with one attached hydrogen (secondary N) is 3. The molecule has 150 valence electrons. The summed E-state index contributed by atoms with van der Waals surface area (Å²) in [7, 11) is 0. The molecule has 4 amide bonds. The van der Waals surface area contributed by atoms with Gasteiger partial charge < -0.3 is 26.0 Å². The van der Waals surface area contributed by atoms with Crippen molar-refractivity contribution in [3.63, 3.8) is 0 Å². The second kappa shape index (κ2) is 7.83. The van der Waals surface area contributed by atoms with Gasteiger partial charge in [-0.05, 0) is 36.2 Å². The number of para-hydroxylation sites is 1. The molecule has 8 heteroatoms. The molecule has 0 aliphatic carbocycles. The van der Waals surface area contributed by atoms with E-state index in [1.165, 1.54) is 0 Å². The smallest absolute Gasteiger partial charge is 0.319 e. The van der Waals surface area contributed by atoms with E-state index in [-0.39, 0.29) is 29.6 Å². The number of carbonyl (C=O) groups is 3. The maximum Gasteiger partial charge on any atom is 0.319 e. The fourth-order valence-electron chi connectivity index (χ4n) is 3.84. The van der Waals surface area contributed by atoms with Crippen molar-refractivity contribution in [2.45, 2.75) is 31.0 Å². The van der Waals surface area contributed by atoms with E-state index < -0.39 is 12.1 Å². The van der Waals surface area contributed by atoms with Crippen LogP contribution in [0.25, 0.3) is 0 Å². The zero-order valence-electron chi connectivity index (χ0n) is 15.7. The lowest BCUT2D eigenvalue weighted by atomic mass is 10.0. The summed E-state index contributed by atoms with van der Waals surface area (Å²) in [6.45, 7) is 0.297. The lowest BCUT2D eigenvalue weighted by Crippen LogP contribution is -2.61. The van der Waals surface area contributed by atoms with Gasteiger partial charge in [-0.3, -0.25) is 9.59 Å². The molecular formula is C21H22N4O4. The van der Waals surface area contributed by atoms with Crippen LogP contribution in [0.3, 0.4) is 0 Å². The minimum absolute atomic E-state index is 0.148. The predicted molar refractivity (Wildman–Crippen MR) is 106 cm³/mol. The number of benzene rings is 2. The van der Waals surface area contributed by atoms with Crippen LogP contribution in [-0.2, 0) is 16.0 Å². The maximum absolute atomic E-state index is 12.9. The van der Waals surface area contributed by atoms with Crippen LogP contribution in [0, 0.1) is 0 Å². The highest BCUT2D eigenvalue weighted by atomic mass is 16.3. The molecule has 2 aromatic carbocycles. The zero-order valence-corrected chi connectivity index (χ0v) is 15.7. The van der Waals surface area contributed by atoms with Gasteiger partial charge in [-0.1, -0.05) is 30.3 Å². The first-order valence-electron chi connectivity index (χ1n) is 9.51. The molecular weight excluding hydrogens is 372 g/mol. The van der Waals surface area contributed by atoms with Crippen LogP contribution >= 0.6 is 0 Å². The summed E-state index contributed by atoms with van der Waals surface area (Å²) in [5.74, 6) is -0.216. The first-order valence-corrected chi connectivity index (χ1v) is 9.51. The molecule has 0 bridgehead atoms. The fraction of sp³-hybridized carbons (Fsp3) is 0.286. The maximum atomic E-state index is 12.9. The number of fused-ring (bicyclic) bond motifs is 1. The number of piperazine rings is 1. The average molecular weight is 394 g/mol. The number of urea groups is 1.